The molecule has 1 nitrogen and oxygen atoms in total. The Balaban J connectivity index is 1.87. The summed E-state index contributed by atoms with van der Waals surface area (Å²) in [4.78, 5) is 2.78. The van der Waals surface area contributed by atoms with Crippen LogP contribution >= 0.6 is 11.8 Å². The molecule has 1 aliphatic rings. The summed E-state index contributed by atoms with van der Waals surface area (Å²) in [6.45, 7) is 6.64. The van der Waals surface area contributed by atoms with Crippen molar-refractivity contribution < 1.29 is 0 Å². The molecular formula is C19H23NS. The van der Waals surface area contributed by atoms with Gasteiger partial charge >= 0.3 is 0 Å². The molecule has 2 aromatic rings. The van der Waals surface area contributed by atoms with Gasteiger partial charge in [0, 0.05) is 9.79 Å². The maximum absolute atomic E-state index is 3.46. The highest BCUT2D eigenvalue weighted by Gasteiger charge is 2.18. The van der Waals surface area contributed by atoms with Gasteiger partial charge in [-0.3, -0.25) is 0 Å². The molecule has 1 heterocycles. The largest absolute Gasteiger partial charge is 0.317 e. The predicted octanol–water partition coefficient (Wildman–Crippen LogP) is 4.92. The van der Waals surface area contributed by atoms with Crippen molar-refractivity contribution >= 4 is 11.8 Å². The van der Waals surface area contributed by atoms with Crippen LogP contribution in [0.3, 0.4) is 0 Å². The molecule has 110 valence electrons. The van der Waals surface area contributed by atoms with Crippen molar-refractivity contribution in [3.8, 4) is 0 Å². The number of rotatable bonds is 3. The second-order valence-corrected chi connectivity index (χ2v) is 7.10. The molecule has 2 aromatic carbocycles. The molecule has 1 aliphatic heterocycles. The monoisotopic (exact) mass is 297 g/mol. The maximum atomic E-state index is 3.46. The van der Waals surface area contributed by atoms with Gasteiger partial charge in [-0.25, -0.2) is 0 Å². The smallest absolute Gasteiger partial charge is 0.0157 e. The van der Waals surface area contributed by atoms with Gasteiger partial charge in [-0.15, -0.1) is 0 Å². The second kappa shape index (κ2) is 6.67. The normalized spacial score (nSPS) is 16.1. The van der Waals surface area contributed by atoms with Crippen molar-refractivity contribution in [3.05, 3.63) is 59.2 Å². The summed E-state index contributed by atoms with van der Waals surface area (Å²) in [6, 6.07) is 15.8. The van der Waals surface area contributed by atoms with Gasteiger partial charge in [0.15, 0.2) is 0 Å². The first kappa shape index (κ1) is 14.7. The van der Waals surface area contributed by atoms with Crippen molar-refractivity contribution in [1.29, 1.82) is 0 Å². The van der Waals surface area contributed by atoms with E-state index in [1.165, 1.54) is 39.3 Å². The first-order chi connectivity index (χ1) is 10.2. The molecule has 0 bridgehead atoms. The lowest BCUT2D eigenvalue weighted by molar-refractivity contribution is 0.456. The van der Waals surface area contributed by atoms with Gasteiger partial charge < -0.3 is 5.32 Å². The topological polar surface area (TPSA) is 12.0 Å². The molecule has 21 heavy (non-hydrogen) atoms. The van der Waals surface area contributed by atoms with E-state index < -0.39 is 0 Å². The fourth-order valence-corrected chi connectivity index (χ4v) is 4.41. The maximum Gasteiger partial charge on any atom is 0.0157 e. The molecule has 0 atom stereocenters. The van der Waals surface area contributed by atoms with E-state index in [-0.39, 0.29) is 0 Å². The molecule has 0 amide bonds. The van der Waals surface area contributed by atoms with Gasteiger partial charge in [0.1, 0.15) is 0 Å². The Labute approximate surface area is 132 Å². The number of hydrogen-bond acceptors (Lipinski definition) is 2. The molecule has 1 N–H and O–H groups in total. The predicted molar refractivity (Wildman–Crippen MR) is 91.3 cm³/mol. The van der Waals surface area contributed by atoms with Crippen molar-refractivity contribution in [2.45, 2.75) is 42.4 Å². The second-order valence-electron chi connectivity index (χ2n) is 5.99. The van der Waals surface area contributed by atoms with Gasteiger partial charge in [0.2, 0.25) is 0 Å². The van der Waals surface area contributed by atoms with Crippen LogP contribution in [0.15, 0.2) is 52.3 Å². The minimum atomic E-state index is 0.709. The van der Waals surface area contributed by atoms with E-state index in [0.717, 1.165) is 13.1 Å². The molecule has 0 aromatic heterocycles. The van der Waals surface area contributed by atoms with E-state index in [1.54, 1.807) is 0 Å². The fourth-order valence-electron chi connectivity index (χ4n) is 3.16. The fraction of sp³-hybridized carbons (Fsp3) is 0.368. The molecule has 0 spiro atoms. The lowest BCUT2D eigenvalue weighted by atomic mass is 9.90. The highest BCUT2D eigenvalue weighted by atomic mass is 32.2. The summed E-state index contributed by atoms with van der Waals surface area (Å²) >= 11 is 1.92. The summed E-state index contributed by atoms with van der Waals surface area (Å²) in [5.74, 6) is 0.709. The Morgan fingerprint density at radius 2 is 1.62 bits per heavy atom. The Morgan fingerprint density at radius 3 is 2.33 bits per heavy atom. The van der Waals surface area contributed by atoms with E-state index in [4.69, 9.17) is 0 Å². The number of aryl methyl sites for hydroxylation is 2. The highest BCUT2D eigenvalue weighted by Crippen LogP contribution is 2.37. The Morgan fingerprint density at radius 1 is 0.952 bits per heavy atom. The molecule has 3 rings (SSSR count). The van der Waals surface area contributed by atoms with Crippen LogP contribution < -0.4 is 5.32 Å². The van der Waals surface area contributed by atoms with Crippen LogP contribution in [-0.2, 0) is 0 Å². The zero-order valence-corrected chi connectivity index (χ0v) is 13.7. The van der Waals surface area contributed by atoms with Crippen molar-refractivity contribution in [3.63, 3.8) is 0 Å². The van der Waals surface area contributed by atoms with Crippen LogP contribution in [0.2, 0.25) is 0 Å². The zero-order valence-electron chi connectivity index (χ0n) is 12.9. The SMILES string of the molecule is Cc1cc(C)cc(Sc2ccccc2C2CCNCC2)c1. The van der Waals surface area contributed by atoms with E-state index >= 15 is 0 Å². The first-order valence-electron chi connectivity index (χ1n) is 7.78. The van der Waals surface area contributed by atoms with Gasteiger partial charge in [0.25, 0.3) is 0 Å². The molecule has 1 saturated heterocycles. The summed E-state index contributed by atoms with van der Waals surface area (Å²) in [5.41, 5.74) is 4.22. The summed E-state index contributed by atoms with van der Waals surface area (Å²) in [5, 5.41) is 3.46. The minimum Gasteiger partial charge on any atom is -0.317 e. The molecule has 0 radical (unpaired) electrons. The van der Waals surface area contributed by atoms with Gasteiger partial charge in [-0.2, -0.15) is 0 Å². The first-order valence-corrected chi connectivity index (χ1v) is 8.60. The number of benzene rings is 2. The molecule has 0 unspecified atom stereocenters. The van der Waals surface area contributed by atoms with Crippen LogP contribution in [0.1, 0.15) is 35.4 Å². The summed E-state index contributed by atoms with van der Waals surface area (Å²) in [7, 11) is 0. The quantitative estimate of drug-likeness (QED) is 0.863. The van der Waals surface area contributed by atoms with E-state index in [0.29, 0.717) is 5.92 Å². The van der Waals surface area contributed by atoms with Gasteiger partial charge in [-0.1, -0.05) is 36.0 Å². The summed E-state index contributed by atoms with van der Waals surface area (Å²) in [6.07, 6.45) is 2.51. The Hall–Kier alpha value is -1.25. The van der Waals surface area contributed by atoms with E-state index in [1.807, 2.05) is 11.8 Å². The van der Waals surface area contributed by atoms with Crippen LogP contribution in [-0.4, -0.2) is 13.1 Å². The number of nitrogens with one attached hydrogen (secondary N) is 1. The van der Waals surface area contributed by atoms with Crippen molar-refractivity contribution in [1.82, 2.24) is 5.32 Å². The molecular weight excluding hydrogens is 274 g/mol. The Kier molecular flexibility index (Phi) is 4.67. The molecule has 0 saturated carbocycles. The van der Waals surface area contributed by atoms with Gasteiger partial charge in [-0.05, 0) is 80.6 Å². The third-order valence-electron chi connectivity index (χ3n) is 4.12. The van der Waals surface area contributed by atoms with Gasteiger partial charge in [0.05, 0.1) is 0 Å². The highest BCUT2D eigenvalue weighted by molar-refractivity contribution is 7.99. The molecule has 2 heteroatoms. The zero-order chi connectivity index (χ0) is 14.7. The molecule has 0 aliphatic carbocycles. The lowest BCUT2D eigenvalue weighted by Gasteiger charge is -2.25. The van der Waals surface area contributed by atoms with Crippen LogP contribution in [0.4, 0.5) is 0 Å². The molecule has 1 fully saturated rings. The lowest BCUT2D eigenvalue weighted by Crippen LogP contribution is -2.26. The number of hydrogen-bond donors (Lipinski definition) is 1. The average Bonchev–Trinajstić information content (AvgIpc) is 2.48. The Bertz CT molecular complexity index is 594. The average molecular weight is 297 g/mol. The van der Waals surface area contributed by atoms with Crippen molar-refractivity contribution in [2.24, 2.45) is 0 Å². The van der Waals surface area contributed by atoms with Crippen molar-refractivity contribution in [2.75, 3.05) is 13.1 Å². The third-order valence-corrected chi connectivity index (χ3v) is 5.18. The number of piperidine rings is 1. The standard InChI is InChI=1S/C19H23NS/c1-14-11-15(2)13-17(12-14)21-19-6-4-3-5-18(19)16-7-9-20-10-8-16/h3-6,11-13,16,20H,7-10H2,1-2H3. The van der Waals surface area contributed by atoms with E-state index in [9.17, 15) is 0 Å². The minimum absolute atomic E-state index is 0.709. The van der Waals surface area contributed by atoms with Crippen LogP contribution in [0.5, 0.6) is 0 Å². The summed E-state index contributed by atoms with van der Waals surface area (Å²) < 4.78 is 0. The van der Waals surface area contributed by atoms with Crippen LogP contribution in [0, 0.1) is 13.8 Å². The van der Waals surface area contributed by atoms with Crippen LogP contribution in [0.25, 0.3) is 0 Å². The van der Waals surface area contributed by atoms with E-state index in [2.05, 4.69) is 61.6 Å². The third kappa shape index (κ3) is 3.69.